The van der Waals surface area contributed by atoms with E-state index in [0.717, 1.165) is 38.3 Å². The van der Waals surface area contributed by atoms with Gasteiger partial charge >= 0.3 is 0 Å². The topological polar surface area (TPSA) is 92.5 Å². The van der Waals surface area contributed by atoms with E-state index in [1.807, 2.05) is 18.2 Å². The summed E-state index contributed by atoms with van der Waals surface area (Å²) in [4.78, 5) is 12.7. The first-order valence-corrected chi connectivity index (χ1v) is 10.7. The van der Waals surface area contributed by atoms with E-state index in [9.17, 15) is 18.5 Å². The Balaban J connectivity index is 1.73. The van der Waals surface area contributed by atoms with Crippen molar-refractivity contribution in [1.29, 1.82) is 0 Å². The average Bonchev–Trinajstić information content (AvgIpc) is 3.07. The highest BCUT2D eigenvalue weighted by Gasteiger charge is 2.25. The number of benzene rings is 2. The van der Waals surface area contributed by atoms with Gasteiger partial charge in [0.25, 0.3) is 5.69 Å². The van der Waals surface area contributed by atoms with Gasteiger partial charge in [0.15, 0.2) is 9.84 Å². The summed E-state index contributed by atoms with van der Waals surface area (Å²) in [7, 11) is -3.58. The van der Waals surface area contributed by atoms with Crippen LogP contribution >= 0.6 is 0 Å². The minimum atomic E-state index is -3.58. The van der Waals surface area contributed by atoms with E-state index in [2.05, 4.69) is 22.3 Å². The number of likely N-dealkylation sites (tertiary alicyclic amines) is 1. The van der Waals surface area contributed by atoms with E-state index in [4.69, 9.17) is 0 Å². The summed E-state index contributed by atoms with van der Waals surface area (Å²) in [6, 6.07) is 14.4. The summed E-state index contributed by atoms with van der Waals surface area (Å²) >= 11 is 0. The molecule has 8 heteroatoms. The minimum Gasteiger partial charge on any atom is -0.382 e. The molecule has 0 radical (unpaired) electrons. The van der Waals surface area contributed by atoms with Gasteiger partial charge in [-0.2, -0.15) is 0 Å². The van der Waals surface area contributed by atoms with E-state index < -0.39 is 14.8 Å². The van der Waals surface area contributed by atoms with Crippen LogP contribution in [0.4, 0.5) is 11.4 Å². The second kappa shape index (κ2) is 8.06. The first-order valence-electron chi connectivity index (χ1n) is 8.85. The van der Waals surface area contributed by atoms with Crippen LogP contribution in [0.5, 0.6) is 0 Å². The van der Waals surface area contributed by atoms with Crippen LogP contribution in [-0.2, 0) is 16.4 Å². The summed E-state index contributed by atoms with van der Waals surface area (Å²) in [5.41, 5.74) is 1.43. The molecule has 144 valence electrons. The van der Waals surface area contributed by atoms with Crippen LogP contribution in [0.2, 0.25) is 0 Å². The SMILES string of the molecule is CS(=O)(=O)c1cc([N+](=O)[O-])ccc1NCC1CCCN1Cc1ccccc1. The summed E-state index contributed by atoms with van der Waals surface area (Å²) < 4.78 is 24.1. The first kappa shape index (κ1) is 19.3. The standard InChI is InChI=1S/C19H23N3O4S/c1-27(25,26)19-12-16(22(23)24)9-10-18(19)20-13-17-8-5-11-21(17)14-15-6-3-2-4-7-15/h2-4,6-7,9-10,12,17,20H,5,8,11,13-14H2,1H3. The summed E-state index contributed by atoms with van der Waals surface area (Å²) in [6.07, 6.45) is 3.19. The number of hydrogen-bond donors (Lipinski definition) is 1. The Morgan fingerprint density at radius 1 is 1.22 bits per heavy atom. The molecule has 2 aromatic rings. The molecule has 1 heterocycles. The highest BCUT2D eigenvalue weighted by Crippen LogP contribution is 2.27. The predicted octanol–water partition coefficient (Wildman–Crippen LogP) is 3.07. The number of hydrogen-bond acceptors (Lipinski definition) is 6. The number of nitrogens with zero attached hydrogens (tertiary/aromatic N) is 2. The molecular formula is C19H23N3O4S. The maximum atomic E-state index is 12.1. The fourth-order valence-electron chi connectivity index (χ4n) is 3.46. The van der Waals surface area contributed by atoms with E-state index in [-0.39, 0.29) is 16.6 Å². The van der Waals surface area contributed by atoms with E-state index in [0.29, 0.717) is 12.2 Å². The first-order chi connectivity index (χ1) is 12.8. The molecule has 0 saturated carbocycles. The maximum Gasteiger partial charge on any atom is 0.270 e. The van der Waals surface area contributed by atoms with Crippen LogP contribution < -0.4 is 5.32 Å². The van der Waals surface area contributed by atoms with Crippen LogP contribution in [0.15, 0.2) is 53.4 Å². The monoisotopic (exact) mass is 389 g/mol. The third kappa shape index (κ3) is 4.84. The van der Waals surface area contributed by atoms with Crippen molar-refractivity contribution in [2.75, 3.05) is 24.7 Å². The number of nitro benzene ring substituents is 1. The van der Waals surface area contributed by atoms with Gasteiger partial charge in [-0.15, -0.1) is 0 Å². The van der Waals surface area contributed by atoms with Crippen LogP contribution in [-0.4, -0.2) is 43.6 Å². The quantitative estimate of drug-likeness (QED) is 0.578. The predicted molar refractivity (Wildman–Crippen MR) is 105 cm³/mol. The molecule has 0 aliphatic carbocycles. The normalized spacial score (nSPS) is 17.7. The molecule has 0 bridgehead atoms. The molecule has 1 saturated heterocycles. The van der Waals surface area contributed by atoms with Crippen molar-refractivity contribution in [3.05, 3.63) is 64.2 Å². The van der Waals surface area contributed by atoms with E-state index >= 15 is 0 Å². The fraction of sp³-hybridized carbons (Fsp3) is 0.368. The summed E-state index contributed by atoms with van der Waals surface area (Å²) in [5.74, 6) is 0. The highest BCUT2D eigenvalue weighted by molar-refractivity contribution is 7.90. The number of nitro groups is 1. The van der Waals surface area contributed by atoms with Crippen LogP contribution in [0.1, 0.15) is 18.4 Å². The third-order valence-corrected chi connectivity index (χ3v) is 5.97. The highest BCUT2D eigenvalue weighted by atomic mass is 32.2. The van der Waals surface area contributed by atoms with Crippen LogP contribution in [0.25, 0.3) is 0 Å². The smallest absolute Gasteiger partial charge is 0.270 e. The zero-order valence-electron chi connectivity index (χ0n) is 15.2. The van der Waals surface area contributed by atoms with Gasteiger partial charge in [0.2, 0.25) is 0 Å². The lowest BCUT2D eigenvalue weighted by atomic mass is 10.1. The lowest BCUT2D eigenvalue weighted by Gasteiger charge is -2.25. The van der Waals surface area contributed by atoms with Crippen molar-refractivity contribution in [1.82, 2.24) is 4.90 Å². The second-order valence-electron chi connectivity index (χ2n) is 6.84. The molecular weight excluding hydrogens is 366 g/mol. The Hall–Kier alpha value is -2.45. The number of nitrogens with one attached hydrogen (secondary N) is 1. The van der Waals surface area contributed by atoms with Gasteiger partial charge in [-0.3, -0.25) is 15.0 Å². The average molecular weight is 389 g/mol. The zero-order valence-corrected chi connectivity index (χ0v) is 16.0. The van der Waals surface area contributed by atoms with Crippen molar-refractivity contribution < 1.29 is 13.3 Å². The molecule has 2 aromatic carbocycles. The van der Waals surface area contributed by atoms with Gasteiger partial charge in [-0.25, -0.2) is 8.42 Å². The molecule has 1 aliphatic rings. The molecule has 1 unspecified atom stereocenters. The Kier molecular flexibility index (Phi) is 5.76. The number of sulfone groups is 1. The second-order valence-corrected chi connectivity index (χ2v) is 8.83. The van der Waals surface area contributed by atoms with E-state index in [1.165, 1.54) is 17.7 Å². The number of rotatable bonds is 7. The molecule has 0 amide bonds. The largest absolute Gasteiger partial charge is 0.382 e. The molecule has 7 nitrogen and oxygen atoms in total. The van der Waals surface area contributed by atoms with Gasteiger partial charge in [0, 0.05) is 37.5 Å². The summed E-state index contributed by atoms with van der Waals surface area (Å²) in [5, 5.41) is 14.2. The Morgan fingerprint density at radius 2 is 1.96 bits per heavy atom. The van der Waals surface area contributed by atoms with Gasteiger partial charge in [0.05, 0.1) is 15.5 Å². The zero-order chi connectivity index (χ0) is 19.4. The Bertz CT molecular complexity index is 916. The molecule has 3 rings (SSSR count). The summed E-state index contributed by atoms with van der Waals surface area (Å²) in [6.45, 7) is 2.44. The van der Waals surface area contributed by atoms with Crippen molar-refractivity contribution in [3.8, 4) is 0 Å². The van der Waals surface area contributed by atoms with Crippen molar-refractivity contribution in [3.63, 3.8) is 0 Å². The van der Waals surface area contributed by atoms with Gasteiger partial charge in [-0.1, -0.05) is 30.3 Å². The van der Waals surface area contributed by atoms with Gasteiger partial charge < -0.3 is 5.32 Å². The van der Waals surface area contributed by atoms with Crippen LogP contribution in [0, 0.1) is 10.1 Å². The maximum absolute atomic E-state index is 12.1. The number of non-ortho nitro benzene ring substituents is 1. The molecule has 1 atom stereocenters. The lowest BCUT2D eigenvalue weighted by Crippen LogP contribution is -2.34. The molecule has 1 aliphatic heterocycles. The molecule has 0 aromatic heterocycles. The molecule has 27 heavy (non-hydrogen) atoms. The van der Waals surface area contributed by atoms with Crippen LogP contribution in [0.3, 0.4) is 0 Å². The Labute approximate surface area is 159 Å². The molecule has 1 N–H and O–H groups in total. The van der Waals surface area contributed by atoms with Gasteiger partial charge in [-0.05, 0) is 31.0 Å². The lowest BCUT2D eigenvalue weighted by molar-refractivity contribution is -0.385. The van der Waals surface area contributed by atoms with Gasteiger partial charge in [0.1, 0.15) is 0 Å². The van der Waals surface area contributed by atoms with Crippen molar-refractivity contribution in [2.45, 2.75) is 30.3 Å². The van der Waals surface area contributed by atoms with E-state index in [1.54, 1.807) is 0 Å². The number of anilines is 1. The fourth-order valence-corrected chi connectivity index (χ4v) is 4.33. The minimum absolute atomic E-state index is 0.0377. The Morgan fingerprint density at radius 3 is 2.63 bits per heavy atom. The molecule has 0 spiro atoms. The van der Waals surface area contributed by atoms with Crippen molar-refractivity contribution in [2.24, 2.45) is 0 Å². The van der Waals surface area contributed by atoms with Crippen molar-refractivity contribution >= 4 is 21.2 Å². The molecule has 1 fully saturated rings. The third-order valence-electron chi connectivity index (χ3n) is 4.83.